The van der Waals surface area contributed by atoms with Crippen molar-refractivity contribution in [3.05, 3.63) is 0 Å². The molecule has 1 aliphatic heterocycles. The van der Waals surface area contributed by atoms with Gasteiger partial charge in [0.1, 0.15) is 0 Å². The smallest absolute Gasteiger partial charge is 0.317 e. The minimum atomic E-state index is -0.797. The number of carbonyl (C=O) groups excluding carboxylic acids is 1. The molecule has 0 radical (unpaired) electrons. The molecule has 0 aromatic carbocycles. The predicted molar refractivity (Wildman–Crippen MR) is 103 cm³/mol. The van der Waals surface area contributed by atoms with Crippen molar-refractivity contribution in [3.63, 3.8) is 0 Å². The third-order valence-electron chi connectivity index (χ3n) is 5.88. The maximum absolute atomic E-state index is 12.8. The van der Waals surface area contributed by atoms with Gasteiger partial charge in [-0.1, -0.05) is 27.7 Å². The van der Waals surface area contributed by atoms with Crippen molar-refractivity contribution in [2.45, 2.75) is 78.3 Å². The van der Waals surface area contributed by atoms with Crippen LogP contribution in [0.4, 0.5) is 4.79 Å². The minimum Gasteiger partial charge on any atom is -0.480 e. The summed E-state index contributed by atoms with van der Waals surface area (Å²) in [5.74, 6) is -0.797. The molecule has 6 heteroatoms. The maximum Gasteiger partial charge on any atom is 0.317 e. The van der Waals surface area contributed by atoms with Gasteiger partial charge in [0.15, 0.2) is 0 Å². The van der Waals surface area contributed by atoms with Crippen molar-refractivity contribution >= 4 is 12.0 Å². The third kappa shape index (κ3) is 6.15. The Morgan fingerprint density at radius 1 is 1.12 bits per heavy atom. The number of nitrogens with one attached hydrogen (secondary N) is 1. The predicted octanol–water partition coefficient (Wildman–Crippen LogP) is 3.17. The maximum atomic E-state index is 12.8. The number of urea groups is 1. The lowest BCUT2D eigenvalue weighted by Gasteiger charge is -2.45. The van der Waals surface area contributed by atoms with E-state index in [0.29, 0.717) is 6.54 Å². The molecular weight excluding hydrogens is 330 g/mol. The van der Waals surface area contributed by atoms with Crippen molar-refractivity contribution in [3.8, 4) is 0 Å². The Bertz CT molecular complexity index is 502. The molecule has 26 heavy (non-hydrogen) atoms. The van der Waals surface area contributed by atoms with Crippen LogP contribution < -0.4 is 5.32 Å². The molecule has 6 nitrogen and oxygen atoms in total. The van der Waals surface area contributed by atoms with E-state index in [9.17, 15) is 9.59 Å². The van der Waals surface area contributed by atoms with Gasteiger partial charge in [0.2, 0.25) is 0 Å². The molecule has 0 bridgehead atoms. The van der Waals surface area contributed by atoms with E-state index < -0.39 is 5.97 Å². The quantitative estimate of drug-likeness (QED) is 0.800. The molecule has 1 saturated carbocycles. The van der Waals surface area contributed by atoms with Gasteiger partial charge in [0.05, 0.1) is 6.54 Å². The first-order valence-electron chi connectivity index (χ1n) is 9.95. The first-order chi connectivity index (χ1) is 12.0. The van der Waals surface area contributed by atoms with Crippen LogP contribution in [-0.2, 0) is 4.79 Å². The number of amides is 2. The largest absolute Gasteiger partial charge is 0.480 e. The fourth-order valence-electron chi connectivity index (χ4n) is 5.28. The molecule has 150 valence electrons. The third-order valence-corrected chi connectivity index (χ3v) is 5.88. The monoisotopic (exact) mass is 367 g/mol. The zero-order valence-corrected chi connectivity index (χ0v) is 17.2. The summed E-state index contributed by atoms with van der Waals surface area (Å²) in [5, 5.41) is 12.3. The van der Waals surface area contributed by atoms with E-state index in [2.05, 4.69) is 33.0 Å². The Morgan fingerprint density at radius 2 is 1.73 bits per heavy atom. The van der Waals surface area contributed by atoms with Crippen molar-refractivity contribution in [1.82, 2.24) is 15.1 Å². The van der Waals surface area contributed by atoms with Crippen LogP contribution in [0, 0.1) is 10.8 Å². The number of rotatable bonds is 4. The summed E-state index contributed by atoms with van der Waals surface area (Å²) in [6.45, 7) is 10.7. The molecule has 0 aromatic heterocycles. The summed E-state index contributed by atoms with van der Waals surface area (Å²) < 4.78 is 0. The summed E-state index contributed by atoms with van der Waals surface area (Å²) in [6.07, 6.45) is 5.94. The molecule has 1 saturated heterocycles. The number of carboxylic acid groups (broad SMARTS) is 1. The molecule has 2 rings (SSSR count). The molecule has 1 heterocycles. The Balaban J connectivity index is 1.89. The molecule has 2 fully saturated rings. The first-order valence-corrected chi connectivity index (χ1v) is 9.95. The van der Waals surface area contributed by atoms with Crippen molar-refractivity contribution in [1.29, 1.82) is 0 Å². The van der Waals surface area contributed by atoms with Gasteiger partial charge < -0.3 is 15.3 Å². The molecule has 0 spiro atoms. The van der Waals surface area contributed by atoms with Crippen molar-refractivity contribution < 1.29 is 14.7 Å². The van der Waals surface area contributed by atoms with Gasteiger partial charge in [-0.25, -0.2) is 4.79 Å². The second-order valence-electron chi connectivity index (χ2n) is 9.94. The number of hydrogen-bond donors (Lipinski definition) is 2. The summed E-state index contributed by atoms with van der Waals surface area (Å²) in [7, 11) is 1.86. The van der Waals surface area contributed by atoms with Crippen LogP contribution >= 0.6 is 0 Å². The number of carbonyl (C=O) groups is 2. The van der Waals surface area contributed by atoms with Crippen LogP contribution in [0.25, 0.3) is 0 Å². The van der Waals surface area contributed by atoms with Crippen molar-refractivity contribution in [2.75, 3.05) is 26.7 Å². The van der Waals surface area contributed by atoms with Crippen molar-refractivity contribution in [2.24, 2.45) is 10.8 Å². The first kappa shape index (κ1) is 21.0. The van der Waals surface area contributed by atoms with Crippen LogP contribution in [0.1, 0.15) is 66.2 Å². The lowest BCUT2D eigenvalue weighted by Crippen LogP contribution is -2.50. The number of hydrogen-bond acceptors (Lipinski definition) is 3. The van der Waals surface area contributed by atoms with Gasteiger partial charge in [0, 0.05) is 25.2 Å². The number of nitrogens with zero attached hydrogens (tertiary/aromatic N) is 2. The summed E-state index contributed by atoms with van der Waals surface area (Å²) in [5.41, 5.74) is 0.506. The van der Waals surface area contributed by atoms with E-state index in [0.717, 1.165) is 38.6 Å². The van der Waals surface area contributed by atoms with Gasteiger partial charge in [-0.2, -0.15) is 0 Å². The molecule has 0 aromatic rings. The van der Waals surface area contributed by atoms with Crippen LogP contribution in [0.2, 0.25) is 0 Å². The Morgan fingerprint density at radius 3 is 2.31 bits per heavy atom. The molecule has 2 amide bonds. The van der Waals surface area contributed by atoms with E-state index in [1.807, 2.05) is 16.8 Å². The lowest BCUT2D eigenvalue weighted by atomic mass is 9.63. The molecule has 2 aliphatic rings. The SMILES string of the molecule is CN(CC(=O)O)C1CCCN(C(=O)NC2CC(C)(C)CC(C)(C)C2)CC1. The standard InChI is InChI=1S/C20H37N3O3/c1-19(2)11-15(12-20(3,4)14-19)21-18(26)23-9-6-7-16(8-10-23)22(5)13-17(24)25/h15-16H,6-14H2,1-5H3,(H,21,26)(H,24,25). The van der Waals surface area contributed by atoms with Gasteiger partial charge in [-0.3, -0.25) is 9.69 Å². The fraction of sp³-hybridized carbons (Fsp3) is 0.900. The molecule has 2 N–H and O–H groups in total. The van der Waals surface area contributed by atoms with Crippen LogP contribution in [0.3, 0.4) is 0 Å². The summed E-state index contributed by atoms with van der Waals surface area (Å²) in [4.78, 5) is 27.5. The number of likely N-dealkylation sites (N-methyl/N-ethyl adjacent to an activating group) is 1. The molecular formula is C20H37N3O3. The fourth-order valence-corrected chi connectivity index (χ4v) is 5.28. The Kier molecular flexibility index (Phi) is 6.59. The minimum absolute atomic E-state index is 0.0463. The average Bonchev–Trinajstić information content (AvgIpc) is 2.68. The van der Waals surface area contributed by atoms with E-state index in [4.69, 9.17) is 5.11 Å². The van der Waals surface area contributed by atoms with E-state index in [1.165, 1.54) is 6.42 Å². The molecule has 1 aliphatic carbocycles. The van der Waals surface area contributed by atoms with Gasteiger partial charge >= 0.3 is 12.0 Å². The van der Waals surface area contributed by atoms with Gasteiger partial charge in [-0.15, -0.1) is 0 Å². The topological polar surface area (TPSA) is 72.9 Å². The van der Waals surface area contributed by atoms with E-state index in [-0.39, 0.29) is 35.5 Å². The van der Waals surface area contributed by atoms with Gasteiger partial charge in [-0.05, 0) is 56.4 Å². The second kappa shape index (κ2) is 8.15. The number of likely N-dealkylation sites (tertiary alicyclic amines) is 1. The summed E-state index contributed by atoms with van der Waals surface area (Å²) >= 11 is 0. The second-order valence-corrected chi connectivity index (χ2v) is 9.94. The van der Waals surface area contributed by atoms with Crippen LogP contribution in [0.15, 0.2) is 0 Å². The molecule has 1 atom stereocenters. The lowest BCUT2D eigenvalue weighted by molar-refractivity contribution is -0.138. The van der Waals surface area contributed by atoms with E-state index in [1.54, 1.807) is 0 Å². The zero-order valence-electron chi connectivity index (χ0n) is 17.2. The molecule has 1 unspecified atom stereocenters. The number of carboxylic acids is 1. The summed E-state index contributed by atoms with van der Waals surface area (Å²) in [6, 6.07) is 0.511. The zero-order chi connectivity index (χ0) is 19.5. The number of aliphatic carboxylic acids is 1. The Labute approximate surface area is 158 Å². The highest BCUT2D eigenvalue weighted by Gasteiger charge is 2.39. The average molecular weight is 368 g/mol. The highest BCUT2D eigenvalue weighted by molar-refractivity contribution is 5.74. The van der Waals surface area contributed by atoms with Crippen LogP contribution in [0.5, 0.6) is 0 Å². The van der Waals surface area contributed by atoms with Crippen LogP contribution in [-0.4, -0.2) is 65.7 Å². The Hall–Kier alpha value is -1.30. The highest BCUT2D eigenvalue weighted by Crippen LogP contribution is 2.45. The van der Waals surface area contributed by atoms with E-state index >= 15 is 0 Å². The van der Waals surface area contributed by atoms with Gasteiger partial charge in [0.25, 0.3) is 0 Å². The normalized spacial score (nSPS) is 26.4. The highest BCUT2D eigenvalue weighted by atomic mass is 16.4.